The summed E-state index contributed by atoms with van der Waals surface area (Å²) in [6, 6.07) is 4.57. The summed E-state index contributed by atoms with van der Waals surface area (Å²) in [6.07, 6.45) is 2.13. The minimum Gasteiger partial charge on any atom is -0.273 e. The molecule has 0 saturated carbocycles. The molecule has 21 heavy (non-hydrogen) atoms. The highest BCUT2D eigenvalue weighted by Gasteiger charge is 2.22. The molecule has 0 N–H and O–H groups in total. The summed E-state index contributed by atoms with van der Waals surface area (Å²) in [6.45, 7) is 3.63. The Morgan fingerprint density at radius 3 is 2.43 bits per heavy atom. The van der Waals surface area contributed by atoms with Crippen molar-refractivity contribution in [3.05, 3.63) is 52.2 Å². The van der Waals surface area contributed by atoms with Gasteiger partial charge in [0, 0.05) is 12.4 Å². The van der Waals surface area contributed by atoms with Crippen molar-refractivity contribution in [1.82, 2.24) is 8.54 Å². The Morgan fingerprint density at radius 2 is 1.86 bits per heavy atom. The molecule has 0 aliphatic carbocycles. The first kappa shape index (κ1) is 15.5. The number of nitrogens with zero attached hydrogens (tertiary/aromatic N) is 2. The van der Waals surface area contributed by atoms with Crippen LogP contribution in [0, 0.1) is 13.8 Å². The van der Waals surface area contributed by atoms with Crippen LogP contribution in [-0.2, 0) is 10.0 Å². The lowest BCUT2D eigenvalue weighted by Crippen LogP contribution is -2.32. The molecule has 0 aliphatic rings. The highest BCUT2D eigenvalue weighted by molar-refractivity contribution is 7.90. The van der Waals surface area contributed by atoms with Crippen molar-refractivity contribution in [1.29, 1.82) is 0 Å². The number of halogens is 1. The van der Waals surface area contributed by atoms with Crippen LogP contribution in [0.3, 0.4) is 0 Å². The molecule has 112 valence electrons. The van der Waals surface area contributed by atoms with Gasteiger partial charge < -0.3 is 0 Å². The number of aromatic nitrogens is 2. The first-order valence-corrected chi connectivity index (χ1v) is 7.98. The molecule has 1 aromatic heterocycles. The van der Waals surface area contributed by atoms with E-state index in [1.54, 1.807) is 13.0 Å². The van der Waals surface area contributed by atoms with Crippen LogP contribution in [0.5, 0.6) is 0 Å². The second-order valence-corrected chi connectivity index (χ2v) is 6.61. The number of benzene rings is 1. The van der Waals surface area contributed by atoms with Gasteiger partial charge in [-0.3, -0.25) is 4.79 Å². The Balaban J connectivity index is 2.60. The molecule has 6 nitrogen and oxygen atoms in total. The van der Waals surface area contributed by atoms with E-state index in [0.717, 1.165) is 23.5 Å². The molecule has 0 unspecified atom stereocenters. The molecule has 1 heterocycles. The van der Waals surface area contributed by atoms with Crippen molar-refractivity contribution in [2.75, 3.05) is 5.88 Å². The van der Waals surface area contributed by atoms with E-state index >= 15 is 0 Å². The fourth-order valence-electron chi connectivity index (χ4n) is 1.79. The Bertz CT molecular complexity index is 865. The highest BCUT2D eigenvalue weighted by Crippen LogP contribution is 2.16. The first-order chi connectivity index (χ1) is 9.78. The van der Waals surface area contributed by atoms with Crippen molar-refractivity contribution in [3.8, 4) is 0 Å². The van der Waals surface area contributed by atoms with Crippen molar-refractivity contribution in [2.45, 2.75) is 18.7 Å². The monoisotopic (exact) mass is 328 g/mol. The van der Waals surface area contributed by atoms with E-state index < -0.39 is 27.5 Å². The Hall–Kier alpha value is -1.86. The van der Waals surface area contributed by atoms with Gasteiger partial charge in [0.15, 0.2) is 0 Å². The summed E-state index contributed by atoms with van der Waals surface area (Å²) in [5, 5.41) is 0. The maximum absolute atomic E-state index is 12.4. The van der Waals surface area contributed by atoms with Gasteiger partial charge in [0.1, 0.15) is 5.88 Å². The highest BCUT2D eigenvalue weighted by atomic mass is 35.5. The van der Waals surface area contributed by atoms with Crippen LogP contribution in [0.15, 0.2) is 40.3 Å². The van der Waals surface area contributed by atoms with Crippen LogP contribution < -0.4 is 5.69 Å². The van der Waals surface area contributed by atoms with E-state index in [-0.39, 0.29) is 4.90 Å². The summed E-state index contributed by atoms with van der Waals surface area (Å²) in [4.78, 5) is 23.4. The third kappa shape index (κ3) is 2.66. The largest absolute Gasteiger partial charge is 0.349 e. The van der Waals surface area contributed by atoms with Crippen molar-refractivity contribution in [2.24, 2.45) is 0 Å². The minimum atomic E-state index is -4.04. The molecular formula is C13H13ClN2O4S. The van der Waals surface area contributed by atoms with E-state index in [0.29, 0.717) is 8.54 Å². The number of carbonyl (C=O) groups excluding carboxylic acids is 1. The van der Waals surface area contributed by atoms with E-state index in [2.05, 4.69) is 0 Å². The average molecular weight is 329 g/mol. The Morgan fingerprint density at radius 1 is 1.19 bits per heavy atom. The minimum absolute atomic E-state index is 0.0104. The molecule has 1 aromatic carbocycles. The summed E-state index contributed by atoms with van der Waals surface area (Å²) in [7, 11) is -4.04. The van der Waals surface area contributed by atoms with Crippen molar-refractivity contribution >= 4 is 27.5 Å². The van der Waals surface area contributed by atoms with Gasteiger partial charge >= 0.3 is 5.69 Å². The maximum atomic E-state index is 12.4. The van der Waals surface area contributed by atoms with E-state index in [1.807, 2.05) is 6.92 Å². The normalized spacial score (nSPS) is 11.6. The van der Waals surface area contributed by atoms with Gasteiger partial charge in [0.05, 0.1) is 4.90 Å². The molecule has 0 bridgehead atoms. The second-order valence-electron chi connectivity index (χ2n) is 4.53. The van der Waals surface area contributed by atoms with Crippen LogP contribution in [0.25, 0.3) is 0 Å². The lowest BCUT2D eigenvalue weighted by Gasteiger charge is -2.07. The third-order valence-corrected chi connectivity index (χ3v) is 5.04. The Labute approximate surface area is 126 Å². The van der Waals surface area contributed by atoms with Gasteiger partial charge in [-0.2, -0.15) is 3.97 Å². The number of imidazole rings is 1. The molecule has 0 fully saturated rings. The fourth-order valence-corrected chi connectivity index (χ4v) is 3.22. The molecule has 8 heteroatoms. The van der Waals surface area contributed by atoms with Gasteiger partial charge in [-0.1, -0.05) is 6.07 Å². The number of hydrogen-bond donors (Lipinski definition) is 0. The molecule has 0 radical (unpaired) electrons. The average Bonchev–Trinajstić information content (AvgIpc) is 2.83. The molecule has 0 saturated heterocycles. The number of carbonyl (C=O) groups is 1. The SMILES string of the molecule is Cc1ccc(S(=O)(=O)n2ccn(C(=O)CCl)c2=O)cc1C. The Kier molecular flexibility index (Phi) is 4.06. The van der Waals surface area contributed by atoms with Crippen LogP contribution in [0.4, 0.5) is 0 Å². The predicted molar refractivity (Wildman–Crippen MR) is 78.5 cm³/mol. The lowest BCUT2D eigenvalue weighted by atomic mass is 10.1. The smallest absolute Gasteiger partial charge is 0.273 e. The summed E-state index contributed by atoms with van der Waals surface area (Å²) in [5.74, 6) is -1.09. The number of rotatable bonds is 3. The number of alkyl halides is 1. The zero-order chi connectivity index (χ0) is 15.8. The number of aryl methyl sites for hydroxylation is 2. The van der Waals surface area contributed by atoms with Gasteiger partial charge in [0.2, 0.25) is 5.91 Å². The topological polar surface area (TPSA) is 78.1 Å². The molecule has 2 rings (SSSR count). The van der Waals surface area contributed by atoms with Gasteiger partial charge in [0.25, 0.3) is 10.0 Å². The van der Waals surface area contributed by atoms with E-state index in [4.69, 9.17) is 11.6 Å². The second kappa shape index (κ2) is 5.50. The van der Waals surface area contributed by atoms with Crippen molar-refractivity contribution < 1.29 is 13.2 Å². The summed E-state index contributed by atoms with van der Waals surface area (Å²) < 4.78 is 26.1. The first-order valence-electron chi connectivity index (χ1n) is 6.01. The zero-order valence-electron chi connectivity index (χ0n) is 11.4. The molecule has 0 atom stereocenters. The zero-order valence-corrected chi connectivity index (χ0v) is 13.0. The standard InChI is InChI=1S/C13H13ClN2O4S/c1-9-3-4-11(7-10(9)2)21(19,20)16-6-5-15(13(16)18)12(17)8-14/h3-7H,8H2,1-2H3. The fraction of sp³-hybridized carbons (Fsp3) is 0.231. The lowest BCUT2D eigenvalue weighted by molar-refractivity contribution is 0.0936. The predicted octanol–water partition coefficient (Wildman–Crippen LogP) is 1.38. The molecule has 0 amide bonds. The van der Waals surface area contributed by atoms with Crippen LogP contribution in [-0.4, -0.2) is 28.7 Å². The van der Waals surface area contributed by atoms with E-state index in [9.17, 15) is 18.0 Å². The van der Waals surface area contributed by atoms with Gasteiger partial charge in [-0.05, 0) is 37.1 Å². The van der Waals surface area contributed by atoms with Crippen LogP contribution in [0.2, 0.25) is 0 Å². The summed E-state index contributed by atoms with van der Waals surface area (Å²) in [5.41, 5.74) is 0.774. The third-order valence-electron chi connectivity index (χ3n) is 3.16. The van der Waals surface area contributed by atoms with Crippen LogP contribution in [0.1, 0.15) is 15.9 Å². The maximum Gasteiger partial charge on any atom is 0.349 e. The molecule has 2 aromatic rings. The van der Waals surface area contributed by atoms with Crippen LogP contribution >= 0.6 is 11.6 Å². The molecule has 0 spiro atoms. The van der Waals surface area contributed by atoms with Crippen molar-refractivity contribution in [3.63, 3.8) is 0 Å². The van der Waals surface area contributed by atoms with Gasteiger partial charge in [-0.15, -0.1) is 11.6 Å². The summed E-state index contributed by atoms with van der Waals surface area (Å²) >= 11 is 5.37. The molecular weight excluding hydrogens is 316 g/mol. The van der Waals surface area contributed by atoms with E-state index in [1.165, 1.54) is 12.1 Å². The van der Waals surface area contributed by atoms with Gasteiger partial charge in [-0.25, -0.2) is 17.8 Å². The quantitative estimate of drug-likeness (QED) is 0.797. The molecule has 0 aliphatic heterocycles. The number of hydrogen-bond acceptors (Lipinski definition) is 4.